The van der Waals surface area contributed by atoms with Crippen LogP contribution in [0.3, 0.4) is 0 Å². The van der Waals surface area contributed by atoms with E-state index >= 15 is 0 Å². The van der Waals surface area contributed by atoms with E-state index in [1.54, 1.807) is 13.0 Å². The van der Waals surface area contributed by atoms with E-state index in [0.717, 1.165) is 9.15 Å². The molecule has 2 heterocycles. The van der Waals surface area contributed by atoms with Crippen molar-refractivity contribution in [1.29, 1.82) is 0 Å². The second-order valence-corrected chi connectivity index (χ2v) is 8.11. The van der Waals surface area contributed by atoms with Crippen LogP contribution in [0.25, 0.3) is 11.0 Å². The first kappa shape index (κ1) is 18.8. The standard InChI is InChI=1S/C15H18N6O5S/c1-9-7-14(18-25-9)16-15(22)10(2)26-21-13-8-11(27(23,24)20(3)4)5-6-12(13)17-19-21/h5-8,10H,1-4H3,(H,16,18,22)/t10-/m1/s1. The zero-order valence-electron chi connectivity index (χ0n) is 15.1. The fraction of sp³-hybridized carbons (Fsp3) is 0.333. The van der Waals surface area contributed by atoms with Gasteiger partial charge in [-0.05, 0) is 37.3 Å². The van der Waals surface area contributed by atoms with Crippen molar-refractivity contribution in [3.63, 3.8) is 0 Å². The number of amides is 1. The third-order valence-corrected chi connectivity index (χ3v) is 5.48. The molecule has 12 heteroatoms. The summed E-state index contributed by atoms with van der Waals surface area (Å²) in [6, 6.07) is 5.89. The SMILES string of the molecule is Cc1cc(NC(=O)[C@@H](C)On2nnc3ccc(S(=O)(=O)N(C)C)cc32)no1. The minimum Gasteiger partial charge on any atom is -0.382 e. The number of nitrogens with zero attached hydrogens (tertiary/aromatic N) is 5. The van der Waals surface area contributed by atoms with Crippen molar-refractivity contribution in [1.82, 2.24) is 24.6 Å². The number of nitrogens with one attached hydrogen (secondary N) is 1. The summed E-state index contributed by atoms with van der Waals surface area (Å²) in [6.07, 6.45) is -0.957. The first-order chi connectivity index (χ1) is 12.7. The van der Waals surface area contributed by atoms with Gasteiger partial charge in [-0.25, -0.2) is 12.7 Å². The van der Waals surface area contributed by atoms with Gasteiger partial charge in [-0.1, -0.05) is 10.0 Å². The van der Waals surface area contributed by atoms with Gasteiger partial charge in [-0.15, -0.1) is 5.10 Å². The highest BCUT2D eigenvalue weighted by Gasteiger charge is 2.22. The van der Waals surface area contributed by atoms with Crippen LogP contribution in [0.2, 0.25) is 0 Å². The van der Waals surface area contributed by atoms with E-state index in [1.807, 2.05) is 0 Å². The highest BCUT2D eigenvalue weighted by molar-refractivity contribution is 7.89. The molecule has 0 aliphatic heterocycles. The Labute approximate surface area is 154 Å². The molecule has 0 unspecified atom stereocenters. The molecule has 3 aromatic rings. The number of aromatic nitrogens is 4. The maximum absolute atomic E-state index is 12.3. The van der Waals surface area contributed by atoms with Crippen molar-refractivity contribution in [2.45, 2.75) is 24.8 Å². The molecule has 0 bridgehead atoms. The number of anilines is 1. The summed E-state index contributed by atoms with van der Waals surface area (Å²) in [5, 5.41) is 13.9. The van der Waals surface area contributed by atoms with Gasteiger partial charge in [0.2, 0.25) is 16.1 Å². The minimum absolute atomic E-state index is 0.0577. The molecule has 1 N–H and O–H groups in total. The van der Waals surface area contributed by atoms with Crippen molar-refractivity contribution >= 4 is 32.8 Å². The van der Waals surface area contributed by atoms with E-state index in [4.69, 9.17) is 9.36 Å². The van der Waals surface area contributed by atoms with Crippen LogP contribution in [0.1, 0.15) is 12.7 Å². The minimum atomic E-state index is -3.64. The Hall–Kier alpha value is -2.99. The first-order valence-corrected chi connectivity index (χ1v) is 9.32. The van der Waals surface area contributed by atoms with Crippen molar-refractivity contribution in [2.75, 3.05) is 19.4 Å². The summed E-state index contributed by atoms with van der Waals surface area (Å²) >= 11 is 0. The predicted octanol–water partition coefficient (Wildman–Crippen LogP) is 0.434. The Bertz CT molecular complexity index is 1090. The number of sulfonamides is 1. The lowest BCUT2D eigenvalue weighted by Gasteiger charge is -2.13. The molecule has 1 atom stereocenters. The van der Waals surface area contributed by atoms with E-state index in [9.17, 15) is 13.2 Å². The van der Waals surface area contributed by atoms with Gasteiger partial charge >= 0.3 is 0 Å². The van der Waals surface area contributed by atoms with Crippen molar-refractivity contribution in [3.05, 3.63) is 30.0 Å². The zero-order chi connectivity index (χ0) is 19.8. The second kappa shape index (κ2) is 6.96. The molecular formula is C15H18N6O5S. The summed E-state index contributed by atoms with van der Waals surface area (Å²) in [6.45, 7) is 3.21. The van der Waals surface area contributed by atoms with Crippen molar-refractivity contribution in [2.24, 2.45) is 0 Å². The van der Waals surface area contributed by atoms with Crippen LogP contribution in [0, 0.1) is 6.92 Å². The number of rotatable bonds is 6. The van der Waals surface area contributed by atoms with Gasteiger partial charge < -0.3 is 14.7 Å². The maximum atomic E-state index is 12.3. The smallest absolute Gasteiger partial charge is 0.269 e. The van der Waals surface area contributed by atoms with Crippen molar-refractivity contribution in [3.8, 4) is 0 Å². The van der Waals surface area contributed by atoms with Gasteiger partial charge in [0.05, 0.1) is 4.90 Å². The largest absolute Gasteiger partial charge is 0.382 e. The number of hydrogen-bond donors (Lipinski definition) is 1. The van der Waals surface area contributed by atoms with Crippen LogP contribution in [-0.4, -0.2) is 59.1 Å². The lowest BCUT2D eigenvalue weighted by molar-refractivity contribution is -0.127. The molecule has 2 aromatic heterocycles. The van der Waals surface area contributed by atoms with E-state index in [0.29, 0.717) is 16.8 Å². The fourth-order valence-electron chi connectivity index (χ4n) is 2.18. The molecule has 0 aliphatic rings. The fourth-order valence-corrected chi connectivity index (χ4v) is 3.10. The third-order valence-electron chi connectivity index (χ3n) is 3.67. The summed E-state index contributed by atoms with van der Waals surface area (Å²) in [7, 11) is -0.767. The lowest BCUT2D eigenvalue weighted by Crippen LogP contribution is -2.35. The summed E-state index contributed by atoms with van der Waals surface area (Å²) in [4.78, 5) is 18.8. The summed E-state index contributed by atoms with van der Waals surface area (Å²) in [5.41, 5.74) is 0.738. The van der Waals surface area contributed by atoms with Crippen LogP contribution < -0.4 is 10.2 Å². The average Bonchev–Trinajstić information content (AvgIpc) is 3.20. The van der Waals surface area contributed by atoms with Crippen LogP contribution in [0.15, 0.2) is 33.7 Å². The molecule has 27 heavy (non-hydrogen) atoms. The van der Waals surface area contributed by atoms with E-state index in [2.05, 4.69) is 20.8 Å². The van der Waals surface area contributed by atoms with E-state index in [1.165, 1.54) is 39.2 Å². The van der Waals surface area contributed by atoms with Gasteiger partial charge in [0.15, 0.2) is 5.82 Å². The predicted molar refractivity (Wildman–Crippen MR) is 94.3 cm³/mol. The number of carbonyl (C=O) groups is 1. The molecule has 0 aliphatic carbocycles. The highest BCUT2D eigenvalue weighted by Crippen LogP contribution is 2.19. The number of benzene rings is 1. The Morgan fingerprint density at radius 3 is 2.70 bits per heavy atom. The molecule has 0 saturated heterocycles. The Kier molecular flexibility index (Phi) is 4.85. The molecule has 3 rings (SSSR count). The van der Waals surface area contributed by atoms with Gasteiger partial charge in [-0.2, -0.15) is 0 Å². The van der Waals surface area contributed by atoms with Gasteiger partial charge in [0.1, 0.15) is 16.8 Å². The number of aryl methyl sites for hydroxylation is 1. The molecule has 0 spiro atoms. The van der Waals surface area contributed by atoms with Crippen LogP contribution in [0.5, 0.6) is 0 Å². The van der Waals surface area contributed by atoms with Gasteiger partial charge in [0, 0.05) is 20.2 Å². The van der Waals surface area contributed by atoms with E-state index < -0.39 is 22.0 Å². The maximum Gasteiger partial charge on any atom is 0.269 e. The monoisotopic (exact) mass is 394 g/mol. The summed E-state index contributed by atoms with van der Waals surface area (Å²) in [5.74, 6) is 0.329. The van der Waals surface area contributed by atoms with Crippen LogP contribution >= 0.6 is 0 Å². The lowest BCUT2D eigenvalue weighted by atomic mass is 10.3. The van der Waals surface area contributed by atoms with E-state index in [-0.39, 0.29) is 10.7 Å². The quantitative estimate of drug-likeness (QED) is 0.637. The Balaban J connectivity index is 1.83. The highest BCUT2D eigenvalue weighted by atomic mass is 32.2. The average molecular weight is 394 g/mol. The molecule has 1 aromatic carbocycles. The number of carbonyl (C=O) groups excluding carboxylic acids is 1. The molecule has 144 valence electrons. The molecule has 1 amide bonds. The Morgan fingerprint density at radius 1 is 1.33 bits per heavy atom. The first-order valence-electron chi connectivity index (χ1n) is 7.88. The summed E-state index contributed by atoms with van der Waals surface area (Å²) < 4.78 is 30.6. The van der Waals surface area contributed by atoms with Crippen LogP contribution in [-0.2, 0) is 14.8 Å². The topological polar surface area (TPSA) is 132 Å². The van der Waals surface area contributed by atoms with Crippen molar-refractivity contribution < 1.29 is 22.6 Å². The van der Waals surface area contributed by atoms with Crippen LogP contribution in [0.4, 0.5) is 5.82 Å². The normalized spacial score (nSPS) is 13.1. The molecular weight excluding hydrogens is 376 g/mol. The van der Waals surface area contributed by atoms with Gasteiger partial charge in [0.25, 0.3) is 5.91 Å². The Morgan fingerprint density at radius 2 is 2.07 bits per heavy atom. The second-order valence-electron chi connectivity index (χ2n) is 5.96. The molecule has 0 radical (unpaired) electrons. The molecule has 0 fully saturated rings. The number of fused-ring (bicyclic) bond motifs is 1. The molecule has 11 nitrogen and oxygen atoms in total. The van der Waals surface area contributed by atoms with Gasteiger partial charge in [-0.3, -0.25) is 4.79 Å². The molecule has 0 saturated carbocycles. The third kappa shape index (κ3) is 3.75. The number of hydrogen-bond acceptors (Lipinski definition) is 8. The zero-order valence-corrected chi connectivity index (χ0v) is 15.9.